The molecule has 3 amide bonds. The maximum Gasteiger partial charge on any atom is 0.294 e. The molecular weight excluding hydrogens is 447 g/mol. The summed E-state index contributed by atoms with van der Waals surface area (Å²) in [5, 5.41) is 2.00. The van der Waals surface area contributed by atoms with E-state index in [0.29, 0.717) is 41.9 Å². The lowest BCUT2D eigenvalue weighted by molar-refractivity contribution is -0.127. The zero-order valence-electron chi connectivity index (χ0n) is 18.6. The second-order valence-corrected chi connectivity index (χ2v) is 8.66. The first kappa shape index (κ1) is 24.3. The topological polar surface area (TPSA) is 84.9 Å². The molecular formula is C24H25FN2O5S. The minimum Gasteiger partial charge on any atom is -0.490 e. The number of ether oxygens (including phenoxy) is 2. The average molecular weight is 473 g/mol. The second-order valence-electron chi connectivity index (χ2n) is 7.67. The molecule has 1 N–H and O–H groups in total. The minimum absolute atomic E-state index is 0.202. The van der Waals surface area contributed by atoms with Gasteiger partial charge in [-0.15, -0.1) is 0 Å². The van der Waals surface area contributed by atoms with Gasteiger partial charge >= 0.3 is 0 Å². The van der Waals surface area contributed by atoms with Crippen molar-refractivity contribution in [2.24, 2.45) is 5.92 Å². The minimum atomic E-state index is -0.560. The van der Waals surface area contributed by atoms with Crippen LogP contribution in [0.5, 0.6) is 11.5 Å². The molecule has 7 nitrogen and oxygen atoms in total. The number of thioether (sulfide) groups is 1. The van der Waals surface area contributed by atoms with Gasteiger partial charge in [-0.25, -0.2) is 4.39 Å². The number of halogens is 1. The molecule has 1 saturated heterocycles. The number of nitrogens with one attached hydrogen (secondary N) is 1. The molecule has 9 heteroatoms. The smallest absolute Gasteiger partial charge is 0.294 e. The number of imide groups is 1. The molecule has 33 heavy (non-hydrogen) atoms. The van der Waals surface area contributed by atoms with Gasteiger partial charge in [-0.2, -0.15) is 0 Å². The molecule has 0 radical (unpaired) electrons. The molecule has 0 bridgehead atoms. The molecule has 1 aliphatic heterocycles. The first-order valence-electron chi connectivity index (χ1n) is 10.5. The van der Waals surface area contributed by atoms with E-state index in [9.17, 15) is 18.8 Å². The van der Waals surface area contributed by atoms with Crippen LogP contribution in [-0.4, -0.2) is 41.7 Å². The molecule has 1 aliphatic rings. The molecule has 0 unspecified atom stereocenters. The van der Waals surface area contributed by atoms with Crippen LogP contribution in [0.4, 0.5) is 14.9 Å². The maximum absolute atomic E-state index is 13.0. The van der Waals surface area contributed by atoms with Crippen molar-refractivity contribution in [1.82, 2.24) is 4.90 Å². The normalized spacial score (nSPS) is 14.8. The van der Waals surface area contributed by atoms with E-state index in [1.807, 2.05) is 20.8 Å². The van der Waals surface area contributed by atoms with Crippen LogP contribution < -0.4 is 14.8 Å². The van der Waals surface area contributed by atoms with Gasteiger partial charge < -0.3 is 14.8 Å². The number of anilines is 1. The van der Waals surface area contributed by atoms with E-state index >= 15 is 0 Å². The van der Waals surface area contributed by atoms with Crippen molar-refractivity contribution >= 4 is 40.6 Å². The highest BCUT2D eigenvalue weighted by Gasteiger charge is 2.36. The number of carbonyl (C=O) groups excluding carboxylic acids is 3. The zero-order valence-corrected chi connectivity index (χ0v) is 19.4. The van der Waals surface area contributed by atoms with Gasteiger partial charge in [0.25, 0.3) is 11.1 Å². The Bertz CT molecular complexity index is 1070. The quantitative estimate of drug-likeness (QED) is 0.521. The number of amides is 3. The van der Waals surface area contributed by atoms with E-state index in [4.69, 9.17) is 9.47 Å². The molecule has 174 valence electrons. The van der Waals surface area contributed by atoms with E-state index in [-0.39, 0.29) is 4.91 Å². The van der Waals surface area contributed by atoms with Crippen LogP contribution >= 0.6 is 11.8 Å². The summed E-state index contributed by atoms with van der Waals surface area (Å²) in [7, 11) is 0. The van der Waals surface area contributed by atoms with Gasteiger partial charge in [-0.1, -0.05) is 19.9 Å². The first-order valence-corrected chi connectivity index (χ1v) is 11.3. The summed E-state index contributed by atoms with van der Waals surface area (Å²) in [5.74, 6) is -0.0482. The Morgan fingerprint density at radius 3 is 2.52 bits per heavy atom. The molecule has 1 heterocycles. The number of benzene rings is 2. The molecule has 0 spiro atoms. The molecule has 1 fully saturated rings. The summed E-state index contributed by atoms with van der Waals surface area (Å²) < 4.78 is 24.4. The first-order chi connectivity index (χ1) is 15.8. The lowest BCUT2D eigenvalue weighted by Gasteiger charge is -2.14. The third-order valence-electron chi connectivity index (χ3n) is 4.44. The highest BCUT2D eigenvalue weighted by Crippen LogP contribution is 2.34. The van der Waals surface area contributed by atoms with E-state index in [0.717, 1.165) is 16.7 Å². The number of hydrogen-bond acceptors (Lipinski definition) is 6. The third-order valence-corrected chi connectivity index (χ3v) is 5.35. The molecule has 2 aromatic rings. The van der Waals surface area contributed by atoms with Crippen LogP contribution in [0.15, 0.2) is 47.4 Å². The fourth-order valence-corrected chi connectivity index (χ4v) is 3.76. The Hall–Kier alpha value is -3.33. The van der Waals surface area contributed by atoms with Crippen LogP contribution in [0.2, 0.25) is 0 Å². The van der Waals surface area contributed by atoms with Crippen molar-refractivity contribution in [2.45, 2.75) is 20.8 Å². The lowest BCUT2D eigenvalue weighted by atomic mass is 10.1. The van der Waals surface area contributed by atoms with Gasteiger partial charge in [0.15, 0.2) is 11.5 Å². The predicted octanol–water partition coefficient (Wildman–Crippen LogP) is 4.93. The maximum atomic E-state index is 13.0. The van der Waals surface area contributed by atoms with Gasteiger partial charge in [-0.3, -0.25) is 19.3 Å². The van der Waals surface area contributed by atoms with Gasteiger partial charge in [0.05, 0.1) is 18.1 Å². The Morgan fingerprint density at radius 2 is 1.85 bits per heavy atom. The van der Waals surface area contributed by atoms with E-state index in [1.54, 1.807) is 24.3 Å². The largest absolute Gasteiger partial charge is 0.490 e. The Morgan fingerprint density at radius 1 is 1.12 bits per heavy atom. The molecule has 0 aliphatic carbocycles. The fraction of sp³-hybridized carbons (Fsp3) is 0.292. The van der Waals surface area contributed by atoms with Crippen LogP contribution in [0.25, 0.3) is 6.08 Å². The lowest BCUT2D eigenvalue weighted by Crippen LogP contribution is -2.36. The van der Waals surface area contributed by atoms with E-state index in [1.165, 1.54) is 24.3 Å². The van der Waals surface area contributed by atoms with Gasteiger partial charge in [0, 0.05) is 5.69 Å². The average Bonchev–Trinajstić information content (AvgIpc) is 3.02. The highest BCUT2D eigenvalue weighted by molar-refractivity contribution is 8.18. The van der Waals surface area contributed by atoms with Crippen LogP contribution in [0.1, 0.15) is 26.3 Å². The fourth-order valence-electron chi connectivity index (χ4n) is 2.92. The predicted molar refractivity (Wildman–Crippen MR) is 126 cm³/mol. The van der Waals surface area contributed by atoms with Crippen molar-refractivity contribution in [1.29, 1.82) is 0 Å². The number of rotatable bonds is 9. The zero-order chi connectivity index (χ0) is 24.0. The highest BCUT2D eigenvalue weighted by atomic mass is 32.2. The van der Waals surface area contributed by atoms with Gasteiger partial charge in [0.1, 0.15) is 12.4 Å². The summed E-state index contributed by atoms with van der Waals surface area (Å²) in [5.41, 5.74) is 1.03. The Kier molecular flexibility index (Phi) is 8.11. The third kappa shape index (κ3) is 6.58. The summed E-state index contributed by atoms with van der Waals surface area (Å²) >= 11 is 0.761. The van der Waals surface area contributed by atoms with Gasteiger partial charge in [-0.05, 0) is 72.6 Å². The molecule has 0 atom stereocenters. The van der Waals surface area contributed by atoms with Crippen LogP contribution in [0, 0.1) is 11.7 Å². The summed E-state index contributed by atoms with van der Waals surface area (Å²) in [4.78, 5) is 38.4. The number of hydrogen-bond donors (Lipinski definition) is 1. The standard InChI is InChI=1S/C24H25FN2O5S/c1-4-31-20-11-16(5-10-19(20)32-14-15(2)3)12-21-23(29)27(24(30)33-21)13-22(28)26-18-8-6-17(25)7-9-18/h5-12,15H,4,13-14H2,1-3H3,(H,26,28)/b21-12+. The monoisotopic (exact) mass is 472 g/mol. The summed E-state index contributed by atoms with van der Waals surface area (Å²) in [6.07, 6.45) is 1.58. The van der Waals surface area contributed by atoms with Crippen molar-refractivity contribution in [2.75, 3.05) is 25.1 Å². The van der Waals surface area contributed by atoms with Gasteiger partial charge in [0.2, 0.25) is 5.91 Å². The van der Waals surface area contributed by atoms with Crippen LogP contribution in [-0.2, 0) is 9.59 Å². The van der Waals surface area contributed by atoms with Crippen molar-refractivity contribution in [3.63, 3.8) is 0 Å². The molecule has 2 aromatic carbocycles. The van der Waals surface area contributed by atoms with Crippen molar-refractivity contribution in [3.8, 4) is 11.5 Å². The van der Waals surface area contributed by atoms with Crippen LogP contribution in [0.3, 0.4) is 0 Å². The number of carbonyl (C=O) groups is 3. The summed E-state index contributed by atoms with van der Waals surface area (Å²) in [6.45, 7) is 6.50. The molecule has 0 saturated carbocycles. The Balaban J connectivity index is 1.71. The second kappa shape index (κ2) is 11.0. The summed E-state index contributed by atoms with van der Waals surface area (Å²) in [6, 6.07) is 10.5. The van der Waals surface area contributed by atoms with Crippen molar-refractivity contribution < 1.29 is 28.2 Å². The van der Waals surface area contributed by atoms with E-state index < -0.39 is 29.4 Å². The molecule has 3 rings (SSSR count). The Labute approximate surface area is 195 Å². The number of nitrogens with zero attached hydrogens (tertiary/aromatic N) is 1. The van der Waals surface area contributed by atoms with Crippen molar-refractivity contribution in [3.05, 3.63) is 58.8 Å². The molecule has 0 aromatic heterocycles. The van der Waals surface area contributed by atoms with E-state index in [2.05, 4.69) is 5.32 Å². The SMILES string of the molecule is CCOc1cc(/C=C2/SC(=O)N(CC(=O)Nc3ccc(F)cc3)C2=O)ccc1OCC(C)C.